The highest BCUT2D eigenvalue weighted by Gasteiger charge is 2.27. The maximum Gasteiger partial charge on any atom is 0.235 e. The van der Waals surface area contributed by atoms with E-state index in [1.807, 2.05) is 18.7 Å². The Bertz CT molecular complexity index is 559. The number of benzene rings is 1. The lowest BCUT2D eigenvalue weighted by Crippen LogP contribution is -2.54. The van der Waals surface area contributed by atoms with E-state index in [2.05, 4.69) is 10.6 Å². The number of nitrogens with zero attached hydrogens (tertiary/aromatic N) is 1. The van der Waals surface area contributed by atoms with E-state index in [9.17, 15) is 14.0 Å². The van der Waals surface area contributed by atoms with Gasteiger partial charge in [0, 0.05) is 31.4 Å². The van der Waals surface area contributed by atoms with E-state index in [0.717, 1.165) is 13.1 Å². The van der Waals surface area contributed by atoms with E-state index in [1.165, 1.54) is 36.0 Å². The molecule has 1 saturated heterocycles. The van der Waals surface area contributed by atoms with Gasteiger partial charge in [-0.25, -0.2) is 4.39 Å². The number of anilines is 1. The molecule has 2 rings (SSSR count). The van der Waals surface area contributed by atoms with Gasteiger partial charge in [-0.05, 0) is 38.1 Å². The van der Waals surface area contributed by atoms with Crippen LogP contribution in [0.3, 0.4) is 0 Å². The molecule has 0 aromatic heterocycles. The molecule has 2 N–H and O–H groups in total. The Morgan fingerprint density at radius 3 is 2.71 bits per heavy atom. The Hall–Kier alpha value is -1.31. The molecular formula is C16H23ClFN3O2S. The molecule has 1 aromatic rings. The van der Waals surface area contributed by atoms with Crippen LogP contribution in [0.1, 0.15) is 13.8 Å². The van der Waals surface area contributed by atoms with Gasteiger partial charge in [0.2, 0.25) is 11.8 Å². The predicted molar refractivity (Wildman–Crippen MR) is 98.2 cm³/mol. The number of amides is 2. The molecule has 5 nitrogen and oxygen atoms in total. The van der Waals surface area contributed by atoms with Gasteiger partial charge < -0.3 is 15.5 Å². The molecule has 1 aromatic carbocycles. The molecule has 134 valence electrons. The zero-order valence-electron chi connectivity index (χ0n) is 13.8. The van der Waals surface area contributed by atoms with Gasteiger partial charge in [-0.1, -0.05) is 0 Å². The van der Waals surface area contributed by atoms with Crippen molar-refractivity contribution in [2.45, 2.75) is 25.1 Å². The van der Waals surface area contributed by atoms with Crippen molar-refractivity contribution in [1.82, 2.24) is 10.2 Å². The number of carbonyl (C=O) groups is 2. The Balaban J connectivity index is 0.00000288. The third-order valence-corrected chi connectivity index (χ3v) is 4.86. The monoisotopic (exact) mass is 375 g/mol. The van der Waals surface area contributed by atoms with Crippen molar-refractivity contribution < 1.29 is 14.0 Å². The van der Waals surface area contributed by atoms with Crippen molar-refractivity contribution in [3.8, 4) is 0 Å². The lowest BCUT2D eigenvalue weighted by molar-refractivity contribution is -0.133. The van der Waals surface area contributed by atoms with Crippen LogP contribution in [0.15, 0.2) is 24.3 Å². The van der Waals surface area contributed by atoms with Gasteiger partial charge in [0.05, 0.1) is 11.0 Å². The van der Waals surface area contributed by atoms with Gasteiger partial charge in [-0.15, -0.1) is 24.2 Å². The molecule has 1 aliphatic heterocycles. The van der Waals surface area contributed by atoms with Crippen molar-refractivity contribution in [3.05, 3.63) is 30.1 Å². The molecule has 24 heavy (non-hydrogen) atoms. The van der Waals surface area contributed by atoms with Gasteiger partial charge in [0.15, 0.2) is 0 Å². The Kier molecular flexibility index (Phi) is 8.52. The van der Waals surface area contributed by atoms with E-state index in [-0.39, 0.29) is 47.1 Å². The van der Waals surface area contributed by atoms with Crippen LogP contribution in [-0.2, 0) is 9.59 Å². The van der Waals surface area contributed by atoms with Crippen LogP contribution < -0.4 is 10.6 Å². The second-order valence-corrected chi connectivity index (χ2v) is 6.92. The number of thioether (sulfide) groups is 1. The number of hydrogen-bond donors (Lipinski definition) is 2. The van der Waals surface area contributed by atoms with E-state index < -0.39 is 0 Å². The maximum atomic E-state index is 12.8. The average Bonchev–Trinajstić information content (AvgIpc) is 2.54. The van der Waals surface area contributed by atoms with E-state index >= 15 is 0 Å². The Labute approximate surface area is 152 Å². The highest BCUT2D eigenvalue weighted by Crippen LogP contribution is 2.17. The molecule has 1 aliphatic rings. The number of piperazine rings is 1. The number of rotatable bonds is 5. The SMILES string of the molecule is CC(SCC(=O)Nc1ccc(F)cc1)C(=O)N1CCNCC1C.Cl. The number of hydrogen-bond acceptors (Lipinski definition) is 4. The van der Waals surface area contributed by atoms with Crippen molar-refractivity contribution in [1.29, 1.82) is 0 Å². The third kappa shape index (κ3) is 5.96. The summed E-state index contributed by atoms with van der Waals surface area (Å²) in [5.41, 5.74) is 0.548. The van der Waals surface area contributed by atoms with Crippen molar-refractivity contribution in [2.75, 3.05) is 30.7 Å². The number of carbonyl (C=O) groups excluding carboxylic acids is 2. The number of halogens is 2. The predicted octanol–water partition coefficient (Wildman–Crippen LogP) is 2.13. The summed E-state index contributed by atoms with van der Waals surface area (Å²) in [4.78, 5) is 26.2. The maximum absolute atomic E-state index is 12.8. The van der Waals surface area contributed by atoms with E-state index in [1.54, 1.807) is 0 Å². The minimum Gasteiger partial charge on any atom is -0.336 e. The summed E-state index contributed by atoms with van der Waals surface area (Å²) in [7, 11) is 0. The topological polar surface area (TPSA) is 61.4 Å². The van der Waals surface area contributed by atoms with Gasteiger partial charge in [0.1, 0.15) is 5.82 Å². The van der Waals surface area contributed by atoms with Gasteiger partial charge in [0.25, 0.3) is 0 Å². The summed E-state index contributed by atoms with van der Waals surface area (Å²) in [5, 5.41) is 5.67. The standard InChI is InChI=1S/C16H22FN3O2S.ClH/c1-11-9-18-7-8-20(11)16(22)12(2)23-10-15(21)19-14-5-3-13(17)4-6-14;/h3-6,11-12,18H,7-10H2,1-2H3,(H,19,21);1H. The Morgan fingerprint density at radius 1 is 1.42 bits per heavy atom. The summed E-state index contributed by atoms with van der Waals surface area (Å²) in [5.74, 6) is -0.292. The molecule has 2 amide bonds. The van der Waals surface area contributed by atoms with Crippen LogP contribution in [0.2, 0.25) is 0 Å². The first-order valence-electron chi connectivity index (χ1n) is 7.65. The summed E-state index contributed by atoms with van der Waals surface area (Å²) in [6, 6.07) is 5.78. The minimum atomic E-state index is -0.346. The average molecular weight is 376 g/mol. The van der Waals surface area contributed by atoms with Crippen molar-refractivity contribution >= 4 is 41.7 Å². The molecule has 0 saturated carbocycles. The highest BCUT2D eigenvalue weighted by atomic mass is 35.5. The fourth-order valence-corrected chi connectivity index (χ4v) is 3.16. The van der Waals surface area contributed by atoms with Crippen LogP contribution in [-0.4, -0.2) is 53.4 Å². The molecule has 0 radical (unpaired) electrons. The Morgan fingerprint density at radius 2 is 2.08 bits per heavy atom. The van der Waals surface area contributed by atoms with E-state index in [4.69, 9.17) is 0 Å². The normalized spacial score (nSPS) is 18.5. The molecule has 2 atom stereocenters. The first kappa shape index (κ1) is 20.7. The molecule has 0 bridgehead atoms. The van der Waals surface area contributed by atoms with Gasteiger partial charge in [-0.3, -0.25) is 9.59 Å². The van der Waals surface area contributed by atoms with Crippen molar-refractivity contribution in [2.24, 2.45) is 0 Å². The molecule has 0 aliphatic carbocycles. The largest absolute Gasteiger partial charge is 0.336 e. The molecular weight excluding hydrogens is 353 g/mol. The molecule has 1 fully saturated rings. The molecule has 2 unspecified atom stereocenters. The fourth-order valence-electron chi connectivity index (χ4n) is 2.40. The third-order valence-electron chi connectivity index (χ3n) is 3.72. The smallest absolute Gasteiger partial charge is 0.235 e. The second kappa shape index (κ2) is 9.86. The van der Waals surface area contributed by atoms with Crippen molar-refractivity contribution in [3.63, 3.8) is 0 Å². The second-order valence-electron chi connectivity index (χ2n) is 5.59. The van der Waals surface area contributed by atoms with Crippen LogP contribution in [0.4, 0.5) is 10.1 Å². The first-order valence-corrected chi connectivity index (χ1v) is 8.70. The summed E-state index contributed by atoms with van der Waals surface area (Å²) in [6.45, 7) is 6.15. The minimum absolute atomic E-state index is 0. The summed E-state index contributed by atoms with van der Waals surface area (Å²) < 4.78 is 12.8. The van der Waals surface area contributed by atoms with E-state index in [0.29, 0.717) is 12.2 Å². The quantitative estimate of drug-likeness (QED) is 0.827. The number of nitrogens with one attached hydrogen (secondary N) is 2. The summed E-state index contributed by atoms with van der Waals surface area (Å²) >= 11 is 1.31. The first-order chi connectivity index (χ1) is 11.0. The lowest BCUT2D eigenvalue weighted by Gasteiger charge is -2.35. The van der Waals surface area contributed by atoms with Gasteiger partial charge in [-0.2, -0.15) is 0 Å². The zero-order chi connectivity index (χ0) is 16.8. The van der Waals surface area contributed by atoms with Gasteiger partial charge >= 0.3 is 0 Å². The van der Waals surface area contributed by atoms with Crippen LogP contribution in [0, 0.1) is 5.82 Å². The summed E-state index contributed by atoms with van der Waals surface area (Å²) in [6.07, 6.45) is 0. The fraction of sp³-hybridized carbons (Fsp3) is 0.500. The molecule has 1 heterocycles. The van der Waals surface area contributed by atoms with Crippen LogP contribution >= 0.6 is 24.2 Å². The molecule has 0 spiro atoms. The lowest BCUT2D eigenvalue weighted by atomic mass is 10.2. The van der Waals surface area contributed by atoms with Crippen LogP contribution in [0.5, 0.6) is 0 Å². The highest BCUT2D eigenvalue weighted by molar-refractivity contribution is 8.01. The zero-order valence-corrected chi connectivity index (χ0v) is 15.4. The molecule has 8 heteroatoms. The van der Waals surface area contributed by atoms with Crippen LogP contribution in [0.25, 0.3) is 0 Å².